The Labute approximate surface area is 121 Å². The lowest BCUT2D eigenvalue weighted by molar-refractivity contribution is 0.178. The average molecular weight is 278 g/mol. The van der Waals surface area contributed by atoms with Gasteiger partial charge in [0.25, 0.3) is 0 Å². The third-order valence-corrected chi connectivity index (χ3v) is 3.83. The smallest absolute Gasteiger partial charge is 0.158 e. The van der Waals surface area contributed by atoms with Crippen LogP contribution in [0.25, 0.3) is 0 Å². The molecule has 2 N–H and O–H groups in total. The van der Waals surface area contributed by atoms with Gasteiger partial charge in [0, 0.05) is 26.3 Å². The van der Waals surface area contributed by atoms with Crippen molar-refractivity contribution in [3.05, 3.63) is 11.9 Å². The molecule has 5 heteroatoms. The maximum Gasteiger partial charge on any atom is 0.158 e. The molecule has 0 aromatic carbocycles. The standard InChI is InChI=1S/C15H26N4O/c1-10-5-11(2)7-12(6-10)17-14-8-13(16-3)18-15(19-14)9-20-4/h8,10-12H,5-7,9H2,1-4H3,(H2,16,17,18,19). The highest BCUT2D eigenvalue weighted by Gasteiger charge is 2.24. The Bertz CT molecular complexity index is 428. The van der Waals surface area contributed by atoms with Crippen LogP contribution in [0, 0.1) is 11.8 Å². The molecule has 1 heterocycles. The topological polar surface area (TPSA) is 59.1 Å². The lowest BCUT2D eigenvalue weighted by atomic mass is 9.80. The molecule has 20 heavy (non-hydrogen) atoms. The van der Waals surface area contributed by atoms with E-state index >= 15 is 0 Å². The van der Waals surface area contributed by atoms with Gasteiger partial charge in [0.15, 0.2) is 5.82 Å². The van der Waals surface area contributed by atoms with Crippen LogP contribution in [0.3, 0.4) is 0 Å². The third kappa shape index (κ3) is 4.07. The van der Waals surface area contributed by atoms with Crippen LogP contribution in [0.15, 0.2) is 6.07 Å². The summed E-state index contributed by atoms with van der Waals surface area (Å²) in [7, 11) is 3.53. The number of hydrogen-bond donors (Lipinski definition) is 2. The van der Waals surface area contributed by atoms with Crippen molar-refractivity contribution < 1.29 is 4.74 Å². The highest BCUT2D eigenvalue weighted by atomic mass is 16.5. The molecule has 1 fully saturated rings. The molecule has 1 aliphatic rings. The predicted molar refractivity (Wildman–Crippen MR) is 81.9 cm³/mol. The Hall–Kier alpha value is -1.36. The Morgan fingerprint density at radius 1 is 1.15 bits per heavy atom. The molecule has 112 valence electrons. The molecule has 0 bridgehead atoms. The Balaban J connectivity index is 2.09. The van der Waals surface area contributed by atoms with Crippen LogP contribution in [-0.2, 0) is 11.3 Å². The lowest BCUT2D eigenvalue weighted by Crippen LogP contribution is -2.30. The average Bonchev–Trinajstić information content (AvgIpc) is 2.37. The van der Waals surface area contributed by atoms with Gasteiger partial charge in [0.2, 0.25) is 0 Å². The fraction of sp³-hybridized carbons (Fsp3) is 0.733. The number of anilines is 2. The van der Waals surface area contributed by atoms with Crippen LogP contribution in [0.4, 0.5) is 11.6 Å². The molecule has 1 aliphatic carbocycles. The number of hydrogen-bond acceptors (Lipinski definition) is 5. The van der Waals surface area contributed by atoms with E-state index in [1.54, 1.807) is 7.11 Å². The van der Waals surface area contributed by atoms with Crippen LogP contribution in [0.2, 0.25) is 0 Å². The Morgan fingerprint density at radius 2 is 1.80 bits per heavy atom. The molecule has 0 aliphatic heterocycles. The summed E-state index contributed by atoms with van der Waals surface area (Å²) in [5.41, 5.74) is 0. The number of methoxy groups -OCH3 is 1. The fourth-order valence-electron chi connectivity index (χ4n) is 3.17. The molecule has 1 saturated carbocycles. The zero-order valence-corrected chi connectivity index (χ0v) is 12.9. The summed E-state index contributed by atoms with van der Waals surface area (Å²) in [6.45, 7) is 5.10. The normalized spacial score (nSPS) is 26.3. The van der Waals surface area contributed by atoms with E-state index < -0.39 is 0 Å². The second-order valence-corrected chi connectivity index (χ2v) is 6.00. The quantitative estimate of drug-likeness (QED) is 0.867. The van der Waals surface area contributed by atoms with Gasteiger partial charge in [-0.05, 0) is 31.1 Å². The van der Waals surface area contributed by atoms with Crippen LogP contribution in [-0.4, -0.2) is 30.2 Å². The third-order valence-electron chi connectivity index (χ3n) is 3.83. The molecule has 1 aromatic heterocycles. The molecule has 0 amide bonds. The molecule has 2 rings (SSSR count). The molecule has 2 atom stereocenters. The fourth-order valence-corrected chi connectivity index (χ4v) is 3.17. The molecule has 0 spiro atoms. The minimum Gasteiger partial charge on any atom is -0.377 e. The summed E-state index contributed by atoms with van der Waals surface area (Å²) >= 11 is 0. The molecule has 1 aromatic rings. The van der Waals surface area contributed by atoms with Gasteiger partial charge in [-0.15, -0.1) is 0 Å². The maximum absolute atomic E-state index is 5.13. The number of nitrogens with zero attached hydrogens (tertiary/aromatic N) is 2. The Morgan fingerprint density at radius 3 is 2.40 bits per heavy atom. The van der Waals surface area contributed by atoms with Crippen LogP contribution in [0.1, 0.15) is 38.9 Å². The first kappa shape index (κ1) is 15.0. The molecule has 2 unspecified atom stereocenters. The van der Waals surface area contributed by atoms with Crippen molar-refractivity contribution in [2.75, 3.05) is 24.8 Å². The first-order valence-corrected chi connectivity index (χ1v) is 7.42. The van der Waals surface area contributed by atoms with Gasteiger partial charge in [-0.2, -0.15) is 0 Å². The van der Waals surface area contributed by atoms with E-state index in [9.17, 15) is 0 Å². The van der Waals surface area contributed by atoms with Gasteiger partial charge in [0.05, 0.1) is 0 Å². The molecule has 0 radical (unpaired) electrons. The van der Waals surface area contributed by atoms with Crippen molar-refractivity contribution >= 4 is 11.6 Å². The first-order chi connectivity index (χ1) is 9.60. The molecule has 0 saturated heterocycles. The van der Waals surface area contributed by atoms with Gasteiger partial charge >= 0.3 is 0 Å². The van der Waals surface area contributed by atoms with Gasteiger partial charge < -0.3 is 15.4 Å². The second kappa shape index (κ2) is 6.88. The Kier molecular flexibility index (Phi) is 5.17. The lowest BCUT2D eigenvalue weighted by Gasteiger charge is -2.32. The van der Waals surface area contributed by atoms with Crippen LogP contribution in [0.5, 0.6) is 0 Å². The number of nitrogens with one attached hydrogen (secondary N) is 2. The van der Waals surface area contributed by atoms with Crippen molar-refractivity contribution in [1.29, 1.82) is 0 Å². The monoisotopic (exact) mass is 278 g/mol. The van der Waals surface area contributed by atoms with E-state index in [1.165, 1.54) is 19.3 Å². The van der Waals surface area contributed by atoms with Crippen molar-refractivity contribution in [3.8, 4) is 0 Å². The zero-order chi connectivity index (χ0) is 14.5. The van der Waals surface area contributed by atoms with E-state index in [2.05, 4.69) is 34.4 Å². The molecule has 5 nitrogen and oxygen atoms in total. The zero-order valence-electron chi connectivity index (χ0n) is 12.9. The SMILES string of the molecule is CNc1cc(NC2CC(C)CC(C)C2)nc(COC)n1. The first-order valence-electron chi connectivity index (χ1n) is 7.42. The summed E-state index contributed by atoms with van der Waals surface area (Å²) in [5, 5.41) is 6.64. The van der Waals surface area contributed by atoms with Crippen LogP contribution < -0.4 is 10.6 Å². The summed E-state index contributed by atoms with van der Waals surface area (Å²) in [6.07, 6.45) is 3.75. The highest BCUT2D eigenvalue weighted by molar-refractivity contribution is 5.47. The van der Waals surface area contributed by atoms with Crippen molar-refractivity contribution in [2.24, 2.45) is 11.8 Å². The molecular weight excluding hydrogens is 252 g/mol. The van der Waals surface area contributed by atoms with Crippen LogP contribution >= 0.6 is 0 Å². The van der Waals surface area contributed by atoms with Gasteiger partial charge in [-0.1, -0.05) is 13.8 Å². The van der Waals surface area contributed by atoms with Gasteiger partial charge in [-0.25, -0.2) is 9.97 Å². The van der Waals surface area contributed by atoms with Crippen molar-refractivity contribution in [2.45, 2.75) is 45.8 Å². The van der Waals surface area contributed by atoms with E-state index in [4.69, 9.17) is 4.74 Å². The summed E-state index contributed by atoms with van der Waals surface area (Å²) in [6, 6.07) is 2.46. The van der Waals surface area contributed by atoms with E-state index in [0.29, 0.717) is 18.5 Å². The molecular formula is C15H26N4O. The van der Waals surface area contributed by atoms with E-state index in [1.807, 2.05) is 13.1 Å². The minimum atomic E-state index is 0.432. The van der Waals surface area contributed by atoms with Gasteiger partial charge in [-0.3, -0.25) is 0 Å². The summed E-state index contributed by atoms with van der Waals surface area (Å²) in [4.78, 5) is 8.91. The van der Waals surface area contributed by atoms with E-state index in [0.717, 1.165) is 23.5 Å². The van der Waals surface area contributed by atoms with Crippen molar-refractivity contribution in [3.63, 3.8) is 0 Å². The highest BCUT2D eigenvalue weighted by Crippen LogP contribution is 2.30. The maximum atomic E-state index is 5.13. The number of ether oxygens (including phenoxy) is 1. The van der Waals surface area contributed by atoms with Gasteiger partial charge in [0.1, 0.15) is 18.2 Å². The predicted octanol–water partition coefficient (Wildman–Crippen LogP) is 2.90. The number of aromatic nitrogens is 2. The summed E-state index contributed by atoms with van der Waals surface area (Å²) in [5.74, 6) is 3.98. The van der Waals surface area contributed by atoms with E-state index in [-0.39, 0.29) is 0 Å². The summed E-state index contributed by atoms with van der Waals surface area (Å²) < 4.78 is 5.13. The second-order valence-electron chi connectivity index (χ2n) is 6.00. The van der Waals surface area contributed by atoms with Crippen molar-refractivity contribution in [1.82, 2.24) is 9.97 Å². The minimum absolute atomic E-state index is 0.432. The number of rotatable bonds is 5. The largest absolute Gasteiger partial charge is 0.377 e.